The zero-order valence-corrected chi connectivity index (χ0v) is 25.4. The SMILES string of the molecule is CCOC(=O)c1cnc2c(Cl)c(Sc3cnc(N4CCC5(CC4)CO[C@@H](C)[C@H]5NC(=O)OC(C)(C)C)cn3)ccn12. The molecule has 13 heteroatoms. The second-order valence-electron chi connectivity index (χ2n) is 11.4. The Morgan fingerprint density at radius 3 is 2.61 bits per heavy atom. The number of imidazole rings is 1. The van der Waals surface area contributed by atoms with E-state index in [4.69, 9.17) is 25.8 Å². The quantitative estimate of drug-likeness (QED) is 0.386. The number of nitrogens with zero attached hydrogens (tertiary/aromatic N) is 5. The van der Waals surface area contributed by atoms with Crippen molar-refractivity contribution in [3.05, 3.63) is 41.6 Å². The summed E-state index contributed by atoms with van der Waals surface area (Å²) < 4.78 is 18.2. The summed E-state index contributed by atoms with van der Waals surface area (Å²) in [7, 11) is 0. The van der Waals surface area contributed by atoms with Crippen molar-refractivity contribution in [3.63, 3.8) is 0 Å². The van der Waals surface area contributed by atoms with E-state index in [0.717, 1.165) is 36.6 Å². The van der Waals surface area contributed by atoms with E-state index in [1.165, 1.54) is 18.0 Å². The van der Waals surface area contributed by atoms with E-state index in [0.29, 0.717) is 28.0 Å². The molecule has 2 fully saturated rings. The number of rotatable bonds is 6. The lowest BCUT2D eigenvalue weighted by Crippen LogP contribution is -2.55. The number of carbonyl (C=O) groups excluding carboxylic acids is 2. The first kappa shape index (κ1) is 29.4. The fraction of sp³-hybridized carbons (Fsp3) is 0.536. The van der Waals surface area contributed by atoms with Crippen molar-refractivity contribution in [1.29, 1.82) is 0 Å². The number of nitrogens with one attached hydrogen (secondary N) is 1. The van der Waals surface area contributed by atoms with Crippen LogP contribution in [-0.4, -0.2) is 75.5 Å². The zero-order valence-electron chi connectivity index (χ0n) is 23.8. The number of amides is 1. The summed E-state index contributed by atoms with van der Waals surface area (Å²) in [6.07, 6.45) is 7.90. The van der Waals surface area contributed by atoms with Gasteiger partial charge in [0.25, 0.3) is 0 Å². The Hall–Kier alpha value is -3.09. The van der Waals surface area contributed by atoms with Crippen LogP contribution in [0.3, 0.4) is 0 Å². The molecule has 2 atom stereocenters. The lowest BCUT2D eigenvalue weighted by Gasteiger charge is -2.42. The number of pyridine rings is 1. The summed E-state index contributed by atoms with van der Waals surface area (Å²) in [6.45, 7) is 11.8. The van der Waals surface area contributed by atoms with Crippen LogP contribution in [0.5, 0.6) is 0 Å². The lowest BCUT2D eigenvalue weighted by molar-refractivity contribution is 0.0433. The zero-order chi connectivity index (χ0) is 29.4. The van der Waals surface area contributed by atoms with Crippen molar-refractivity contribution >= 4 is 46.9 Å². The summed E-state index contributed by atoms with van der Waals surface area (Å²) in [5, 5.41) is 4.19. The van der Waals surface area contributed by atoms with Gasteiger partial charge < -0.3 is 24.4 Å². The molecule has 220 valence electrons. The van der Waals surface area contributed by atoms with Gasteiger partial charge in [0.15, 0.2) is 11.3 Å². The van der Waals surface area contributed by atoms with E-state index in [2.05, 4.69) is 25.2 Å². The first-order chi connectivity index (χ1) is 19.5. The Labute approximate surface area is 248 Å². The molecular weight excluding hydrogens is 568 g/mol. The number of fused-ring (bicyclic) bond motifs is 1. The highest BCUT2D eigenvalue weighted by Gasteiger charge is 2.50. The van der Waals surface area contributed by atoms with Crippen molar-refractivity contribution in [3.8, 4) is 0 Å². The molecule has 2 saturated heterocycles. The number of hydrogen-bond donors (Lipinski definition) is 1. The fourth-order valence-electron chi connectivity index (χ4n) is 5.40. The maximum Gasteiger partial charge on any atom is 0.407 e. The molecule has 1 amide bonds. The average molecular weight is 603 g/mol. The molecule has 0 aliphatic carbocycles. The number of hydrogen-bond acceptors (Lipinski definition) is 10. The highest BCUT2D eigenvalue weighted by Crippen LogP contribution is 2.43. The predicted molar refractivity (Wildman–Crippen MR) is 155 cm³/mol. The topological polar surface area (TPSA) is 120 Å². The Morgan fingerprint density at radius 1 is 1.20 bits per heavy atom. The molecule has 41 heavy (non-hydrogen) atoms. The average Bonchev–Trinajstić information content (AvgIpc) is 3.48. The molecule has 5 rings (SSSR count). The first-order valence-corrected chi connectivity index (χ1v) is 14.9. The van der Waals surface area contributed by atoms with Gasteiger partial charge in [0, 0.05) is 29.6 Å². The van der Waals surface area contributed by atoms with Crippen LogP contribution in [0.25, 0.3) is 5.65 Å². The number of halogens is 1. The summed E-state index contributed by atoms with van der Waals surface area (Å²) >= 11 is 8.00. The van der Waals surface area contributed by atoms with E-state index < -0.39 is 17.7 Å². The second-order valence-corrected chi connectivity index (χ2v) is 12.8. The third-order valence-electron chi connectivity index (χ3n) is 7.42. The Bertz CT molecular complexity index is 1420. The number of aromatic nitrogens is 4. The van der Waals surface area contributed by atoms with Crippen molar-refractivity contribution in [1.82, 2.24) is 24.7 Å². The van der Waals surface area contributed by atoms with E-state index >= 15 is 0 Å². The molecule has 3 aromatic rings. The molecule has 3 aromatic heterocycles. The largest absolute Gasteiger partial charge is 0.461 e. The molecular formula is C28H35ClN6O5S. The van der Waals surface area contributed by atoms with Gasteiger partial charge in [-0.25, -0.2) is 24.5 Å². The molecule has 0 unspecified atom stereocenters. The standard InChI is InChI=1S/C28H35ClN6O5S/c1-6-38-25(36)18-13-32-24-22(29)19(7-10-35(18)24)41-21-15-30-20(14-31-21)34-11-8-28(9-12-34)16-39-17(2)23(28)33-26(37)40-27(3,4)5/h7,10,13-15,17,23H,6,8-9,11-12,16H2,1-5H3,(H,33,37)/t17-,23+/m0/s1. The predicted octanol–water partition coefficient (Wildman–Crippen LogP) is 5.00. The van der Waals surface area contributed by atoms with Gasteiger partial charge in [0.2, 0.25) is 0 Å². The van der Waals surface area contributed by atoms with Gasteiger partial charge in [-0.3, -0.25) is 4.40 Å². The number of alkyl carbamates (subject to hydrolysis) is 1. The number of anilines is 1. The second kappa shape index (κ2) is 11.7. The molecule has 11 nitrogen and oxygen atoms in total. The van der Waals surface area contributed by atoms with Crippen LogP contribution in [-0.2, 0) is 14.2 Å². The van der Waals surface area contributed by atoms with Gasteiger partial charge in [-0.05, 0) is 53.5 Å². The molecule has 5 heterocycles. The maximum atomic E-state index is 12.5. The summed E-state index contributed by atoms with van der Waals surface area (Å²) in [4.78, 5) is 41.3. The van der Waals surface area contributed by atoms with Gasteiger partial charge in [-0.15, -0.1) is 0 Å². The van der Waals surface area contributed by atoms with Gasteiger partial charge in [-0.2, -0.15) is 0 Å². The molecule has 1 spiro atoms. The highest BCUT2D eigenvalue weighted by atomic mass is 35.5. The molecule has 2 aliphatic heterocycles. The van der Waals surface area contributed by atoms with Crippen molar-refractivity contribution in [2.24, 2.45) is 5.41 Å². The van der Waals surface area contributed by atoms with Crippen LogP contribution in [0.1, 0.15) is 57.9 Å². The van der Waals surface area contributed by atoms with Gasteiger partial charge in [0.05, 0.1) is 49.0 Å². The maximum absolute atomic E-state index is 12.5. The van der Waals surface area contributed by atoms with Crippen LogP contribution in [0.2, 0.25) is 5.02 Å². The van der Waals surface area contributed by atoms with E-state index in [1.807, 2.05) is 33.8 Å². The monoisotopic (exact) mass is 602 g/mol. The van der Waals surface area contributed by atoms with Crippen LogP contribution in [0.15, 0.2) is 40.8 Å². The van der Waals surface area contributed by atoms with Crippen molar-refractivity contribution in [2.75, 3.05) is 31.2 Å². The van der Waals surface area contributed by atoms with E-state index in [9.17, 15) is 9.59 Å². The number of esters is 1. The Kier molecular flexibility index (Phi) is 8.36. The van der Waals surface area contributed by atoms with Crippen LogP contribution in [0, 0.1) is 5.41 Å². The van der Waals surface area contributed by atoms with Crippen molar-refractivity contribution < 1.29 is 23.8 Å². The van der Waals surface area contributed by atoms with Crippen molar-refractivity contribution in [2.45, 2.75) is 75.1 Å². The Balaban J connectivity index is 1.22. The third-order valence-corrected chi connectivity index (χ3v) is 8.88. The first-order valence-electron chi connectivity index (χ1n) is 13.7. The van der Waals surface area contributed by atoms with Gasteiger partial charge in [0.1, 0.15) is 16.4 Å². The molecule has 0 bridgehead atoms. The van der Waals surface area contributed by atoms with Crippen LogP contribution < -0.4 is 10.2 Å². The summed E-state index contributed by atoms with van der Waals surface area (Å²) in [5.74, 6) is 0.341. The molecule has 2 aliphatic rings. The van der Waals surface area contributed by atoms with E-state index in [1.54, 1.807) is 29.9 Å². The Morgan fingerprint density at radius 2 is 1.95 bits per heavy atom. The summed E-state index contributed by atoms with van der Waals surface area (Å²) in [6, 6.07) is 1.70. The minimum absolute atomic E-state index is 0.0880. The normalized spacial score (nSPS) is 20.4. The minimum Gasteiger partial charge on any atom is -0.461 e. The van der Waals surface area contributed by atoms with Crippen LogP contribution >= 0.6 is 23.4 Å². The smallest absolute Gasteiger partial charge is 0.407 e. The number of piperidine rings is 1. The molecule has 0 aromatic carbocycles. The van der Waals surface area contributed by atoms with Crippen LogP contribution in [0.4, 0.5) is 10.6 Å². The molecule has 1 N–H and O–H groups in total. The number of carbonyl (C=O) groups is 2. The summed E-state index contributed by atoms with van der Waals surface area (Å²) in [5.41, 5.74) is 0.0811. The lowest BCUT2D eigenvalue weighted by atomic mass is 9.73. The molecule has 0 radical (unpaired) electrons. The minimum atomic E-state index is -0.558. The third kappa shape index (κ3) is 6.24. The number of ether oxygens (including phenoxy) is 3. The fourth-order valence-corrected chi connectivity index (χ4v) is 6.46. The van der Waals surface area contributed by atoms with Gasteiger partial charge in [-0.1, -0.05) is 23.4 Å². The molecule has 0 saturated carbocycles. The highest BCUT2D eigenvalue weighted by molar-refractivity contribution is 7.99. The van der Waals surface area contributed by atoms with Gasteiger partial charge >= 0.3 is 12.1 Å². The van der Waals surface area contributed by atoms with E-state index in [-0.39, 0.29) is 24.2 Å².